The quantitative estimate of drug-likeness (QED) is 0.658. The fourth-order valence-corrected chi connectivity index (χ4v) is 3.24. The molecule has 0 spiro atoms. The second-order valence-corrected chi connectivity index (χ2v) is 6.54. The summed E-state index contributed by atoms with van der Waals surface area (Å²) in [5, 5.41) is 4.93. The van der Waals surface area contributed by atoms with Gasteiger partial charge in [0.2, 0.25) is 0 Å². The summed E-state index contributed by atoms with van der Waals surface area (Å²) in [6.45, 7) is 0.482. The van der Waals surface area contributed by atoms with Crippen LogP contribution >= 0.6 is 43.2 Å². The molecule has 0 saturated carbocycles. The van der Waals surface area contributed by atoms with Crippen LogP contribution in [-0.2, 0) is 12.7 Å². The molecule has 2 rings (SSSR count). The maximum Gasteiger partial charge on any atom is 0.416 e. The van der Waals surface area contributed by atoms with Crippen LogP contribution in [0.1, 0.15) is 10.4 Å². The van der Waals surface area contributed by atoms with Crippen LogP contribution in [0.3, 0.4) is 0 Å². The first kappa shape index (κ1) is 14.9. The molecule has 0 unspecified atom stereocenters. The van der Waals surface area contributed by atoms with Crippen molar-refractivity contribution in [3.05, 3.63) is 49.0 Å². The van der Waals surface area contributed by atoms with E-state index in [1.807, 2.05) is 11.4 Å². The van der Waals surface area contributed by atoms with Crippen molar-refractivity contribution in [2.75, 3.05) is 5.32 Å². The van der Waals surface area contributed by atoms with Gasteiger partial charge in [-0.2, -0.15) is 13.2 Å². The van der Waals surface area contributed by atoms with Crippen LogP contribution in [0.15, 0.2) is 38.6 Å². The molecule has 102 valence electrons. The van der Waals surface area contributed by atoms with Gasteiger partial charge in [0.1, 0.15) is 0 Å². The van der Waals surface area contributed by atoms with Crippen LogP contribution in [0.5, 0.6) is 0 Å². The van der Waals surface area contributed by atoms with E-state index in [-0.39, 0.29) is 0 Å². The monoisotopic (exact) mass is 413 g/mol. The minimum Gasteiger partial charge on any atom is -0.379 e. The van der Waals surface area contributed by atoms with Gasteiger partial charge in [0.15, 0.2) is 0 Å². The zero-order valence-corrected chi connectivity index (χ0v) is 13.4. The zero-order chi connectivity index (χ0) is 14.0. The Bertz CT molecular complexity index is 581. The third-order valence-electron chi connectivity index (χ3n) is 2.37. The van der Waals surface area contributed by atoms with E-state index in [4.69, 9.17) is 0 Å². The number of hydrogen-bond acceptors (Lipinski definition) is 2. The maximum atomic E-state index is 12.6. The Hall–Kier alpha value is -0.530. The SMILES string of the molecule is FC(F)(F)c1ccc(Br)c(NCc2cc(Br)cs2)c1. The average Bonchev–Trinajstić information content (AvgIpc) is 2.72. The molecule has 0 aliphatic rings. The lowest BCUT2D eigenvalue weighted by Crippen LogP contribution is -2.06. The fourth-order valence-electron chi connectivity index (χ4n) is 1.47. The lowest BCUT2D eigenvalue weighted by Gasteiger charge is -2.12. The molecule has 1 N–H and O–H groups in total. The first-order chi connectivity index (χ1) is 8.86. The van der Waals surface area contributed by atoms with Crippen LogP contribution < -0.4 is 5.32 Å². The second-order valence-electron chi connectivity index (χ2n) is 3.78. The first-order valence-corrected chi connectivity index (χ1v) is 7.66. The summed E-state index contributed by atoms with van der Waals surface area (Å²) < 4.78 is 39.4. The molecule has 0 radical (unpaired) electrons. The van der Waals surface area contributed by atoms with E-state index in [1.165, 1.54) is 17.4 Å². The Morgan fingerprint density at radius 3 is 2.47 bits per heavy atom. The summed E-state index contributed by atoms with van der Waals surface area (Å²) in [6, 6.07) is 5.48. The number of benzene rings is 1. The summed E-state index contributed by atoms with van der Waals surface area (Å²) in [7, 11) is 0. The maximum absolute atomic E-state index is 12.6. The van der Waals surface area contributed by atoms with Crippen LogP contribution in [0.25, 0.3) is 0 Å². The molecule has 0 bridgehead atoms. The largest absolute Gasteiger partial charge is 0.416 e. The van der Waals surface area contributed by atoms with Gasteiger partial charge < -0.3 is 5.32 Å². The van der Waals surface area contributed by atoms with E-state index in [1.54, 1.807) is 0 Å². The molecular weight excluding hydrogens is 407 g/mol. The minimum absolute atomic E-state index is 0.430. The lowest BCUT2D eigenvalue weighted by atomic mass is 10.2. The van der Waals surface area contributed by atoms with Gasteiger partial charge in [-0.25, -0.2) is 0 Å². The van der Waals surface area contributed by atoms with Crippen LogP contribution in [-0.4, -0.2) is 0 Å². The molecule has 0 amide bonds. The van der Waals surface area contributed by atoms with Crippen LogP contribution in [0, 0.1) is 0 Å². The van der Waals surface area contributed by atoms with Crippen molar-refractivity contribution in [2.45, 2.75) is 12.7 Å². The molecule has 0 fully saturated rings. The molecule has 1 aromatic carbocycles. The third-order valence-corrected chi connectivity index (χ3v) is 4.76. The summed E-state index contributed by atoms with van der Waals surface area (Å²) in [6.07, 6.45) is -4.33. The molecule has 0 atom stereocenters. The van der Waals surface area contributed by atoms with E-state index >= 15 is 0 Å². The first-order valence-electron chi connectivity index (χ1n) is 5.20. The Kier molecular flexibility index (Phi) is 4.58. The molecule has 1 aromatic heterocycles. The van der Waals surface area contributed by atoms with Crippen molar-refractivity contribution >= 4 is 48.9 Å². The molecule has 7 heteroatoms. The third kappa shape index (κ3) is 3.97. The highest BCUT2D eigenvalue weighted by molar-refractivity contribution is 9.10. The van der Waals surface area contributed by atoms with Gasteiger partial charge >= 0.3 is 6.18 Å². The van der Waals surface area contributed by atoms with E-state index in [9.17, 15) is 13.2 Å². The van der Waals surface area contributed by atoms with Crippen molar-refractivity contribution in [1.29, 1.82) is 0 Å². The molecule has 19 heavy (non-hydrogen) atoms. The average molecular weight is 415 g/mol. The normalized spacial score (nSPS) is 11.6. The van der Waals surface area contributed by atoms with Crippen molar-refractivity contribution in [1.82, 2.24) is 0 Å². The second kappa shape index (κ2) is 5.85. The Morgan fingerprint density at radius 2 is 1.89 bits per heavy atom. The summed E-state index contributed by atoms with van der Waals surface area (Å²) in [4.78, 5) is 1.04. The number of alkyl halides is 3. The number of anilines is 1. The molecule has 0 aliphatic carbocycles. The smallest absolute Gasteiger partial charge is 0.379 e. The number of rotatable bonds is 3. The predicted molar refractivity (Wildman–Crippen MR) is 78.5 cm³/mol. The van der Waals surface area contributed by atoms with Crippen molar-refractivity contribution in [2.24, 2.45) is 0 Å². The van der Waals surface area contributed by atoms with Gasteiger partial charge in [-0.05, 0) is 56.1 Å². The lowest BCUT2D eigenvalue weighted by molar-refractivity contribution is -0.137. The van der Waals surface area contributed by atoms with Gasteiger partial charge in [-0.1, -0.05) is 0 Å². The highest BCUT2D eigenvalue weighted by atomic mass is 79.9. The molecule has 1 heterocycles. The van der Waals surface area contributed by atoms with Crippen molar-refractivity contribution in [3.63, 3.8) is 0 Å². The molecule has 2 aromatic rings. The highest BCUT2D eigenvalue weighted by Gasteiger charge is 2.30. The number of halogens is 5. The number of thiophene rings is 1. The summed E-state index contributed by atoms with van der Waals surface area (Å²) in [5.41, 5.74) is -0.232. The Balaban J connectivity index is 2.15. The van der Waals surface area contributed by atoms with Gasteiger partial charge in [0.05, 0.1) is 5.56 Å². The fraction of sp³-hybridized carbons (Fsp3) is 0.167. The van der Waals surface area contributed by atoms with Crippen molar-refractivity contribution in [3.8, 4) is 0 Å². The van der Waals surface area contributed by atoms with Gasteiger partial charge in [0.25, 0.3) is 0 Å². The predicted octanol–water partition coefficient (Wildman–Crippen LogP) is 5.90. The van der Waals surface area contributed by atoms with Crippen LogP contribution in [0.4, 0.5) is 18.9 Å². The van der Waals surface area contributed by atoms with E-state index < -0.39 is 11.7 Å². The molecule has 1 nitrogen and oxygen atoms in total. The van der Waals surface area contributed by atoms with E-state index in [0.717, 1.165) is 21.5 Å². The highest BCUT2D eigenvalue weighted by Crippen LogP contribution is 2.34. The van der Waals surface area contributed by atoms with Gasteiger partial charge in [0, 0.05) is 31.4 Å². The number of nitrogens with one attached hydrogen (secondary N) is 1. The van der Waals surface area contributed by atoms with Gasteiger partial charge in [-0.15, -0.1) is 11.3 Å². The molecular formula is C12H8Br2F3NS. The molecule has 0 aliphatic heterocycles. The topological polar surface area (TPSA) is 12.0 Å². The standard InChI is InChI=1S/C12H8Br2F3NS/c13-8-4-9(19-6-8)5-18-11-3-7(12(15,16)17)1-2-10(11)14/h1-4,6,18H,5H2. The summed E-state index contributed by atoms with van der Waals surface area (Å²) in [5.74, 6) is 0. The van der Waals surface area contributed by atoms with Gasteiger partial charge in [-0.3, -0.25) is 0 Å². The zero-order valence-electron chi connectivity index (χ0n) is 9.39. The minimum atomic E-state index is -4.33. The van der Waals surface area contributed by atoms with Crippen molar-refractivity contribution < 1.29 is 13.2 Å². The summed E-state index contributed by atoms with van der Waals surface area (Å²) >= 11 is 8.11. The number of hydrogen-bond donors (Lipinski definition) is 1. The Labute approximate surface area is 129 Å². The van der Waals surface area contributed by atoms with E-state index in [0.29, 0.717) is 16.7 Å². The Morgan fingerprint density at radius 1 is 1.16 bits per heavy atom. The van der Waals surface area contributed by atoms with Crippen LogP contribution in [0.2, 0.25) is 0 Å². The molecule has 0 saturated heterocycles. The van der Waals surface area contributed by atoms with E-state index in [2.05, 4.69) is 37.2 Å².